The smallest absolute Gasteiger partial charge is 0.174 e. The van der Waals surface area contributed by atoms with Crippen LogP contribution in [0.1, 0.15) is 31.7 Å². The molecule has 1 aliphatic rings. The standard InChI is InChI=1S/C17H22N4O2/c1-14(2)23-17(10-11-22-13-17)12-21-16(18-19-20-21)9-8-15-6-4-3-5-7-15/h3-9,14H,10-13H2,1-2H3. The maximum atomic E-state index is 6.12. The highest BCUT2D eigenvalue weighted by Gasteiger charge is 2.38. The van der Waals surface area contributed by atoms with E-state index in [9.17, 15) is 0 Å². The van der Waals surface area contributed by atoms with Gasteiger partial charge in [-0.3, -0.25) is 0 Å². The van der Waals surface area contributed by atoms with Gasteiger partial charge in [-0.25, -0.2) is 4.68 Å². The largest absolute Gasteiger partial charge is 0.378 e. The highest BCUT2D eigenvalue weighted by atomic mass is 16.6. The average Bonchev–Trinajstić information content (AvgIpc) is 3.16. The number of aromatic nitrogens is 4. The summed E-state index contributed by atoms with van der Waals surface area (Å²) >= 11 is 0. The molecule has 0 saturated carbocycles. The normalized spacial score (nSPS) is 21.5. The van der Waals surface area contributed by atoms with E-state index in [0.29, 0.717) is 25.6 Å². The highest BCUT2D eigenvalue weighted by Crippen LogP contribution is 2.27. The summed E-state index contributed by atoms with van der Waals surface area (Å²) in [5, 5.41) is 12.0. The van der Waals surface area contributed by atoms with E-state index in [4.69, 9.17) is 9.47 Å². The van der Waals surface area contributed by atoms with Crippen LogP contribution in [0.4, 0.5) is 0 Å². The van der Waals surface area contributed by atoms with E-state index in [2.05, 4.69) is 15.5 Å². The number of hydrogen-bond acceptors (Lipinski definition) is 5. The Kier molecular flexibility index (Phi) is 4.83. The van der Waals surface area contributed by atoms with Crippen LogP contribution in [0.15, 0.2) is 30.3 Å². The first-order valence-electron chi connectivity index (χ1n) is 7.92. The number of hydrogen-bond donors (Lipinski definition) is 0. The van der Waals surface area contributed by atoms with E-state index in [1.165, 1.54) is 0 Å². The molecular weight excluding hydrogens is 292 g/mol. The van der Waals surface area contributed by atoms with Crippen molar-refractivity contribution in [3.63, 3.8) is 0 Å². The summed E-state index contributed by atoms with van der Waals surface area (Å²) in [6.07, 6.45) is 4.92. The lowest BCUT2D eigenvalue weighted by Crippen LogP contribution is -2.40. The number of rotatable bonds is 6. The monoisotopic (exact) mass is 314 g/mol. The molecule has 2 heterocycles. The van der Waals surface area contributed by atoms with Gasteiger partial charge in [0.2, 0.25) is 0 Å². The van der Waals surface area contributed by atoms with Crippen molar-refractivity contribution in [2.45, 2.75) is 38.5 Å². The lowest BCUT2D eigenvalue weighted by molar-refractivity contribution is -0.0933. The predicted octanol–water partition coefficient (Wildman–Crippen LogP) is 2.43. The Morgan fingerprint density at radius 2 is 2.13 bits per heavy atom. The van der Waals surface area contributed by atoms with Gasteiger partial charge in [0.1, 0.15) is 5.60 Å². The van der Waals surface area contributed by atoms with Crippen molar-refractivity contribution in [2.24, 2.45) is 0 Å². The molecule has 1 unspecified atom stereocenters. The Labute approximate surface area is 136 Å². The molecule has 6 nitrogen and oxygen atoms in total. The van der Waals surface area contributed by atoms with Gasteiger partial charge in [0, 0.05) is 13.0 Å². The van der Waals surface area contributed by atoms with Crippen LogP contribution in [-0.2, 0) is 16.0 Å². The number of benzene rings is 1. The van der Waals surface area contributed by atoms with E-state index in [-0.39, 0.29) is 11.7 Å². The molecule has 0 N–H and O–H groups in total. The molecule has 2 aromatic rings. The second-order valence-electron chi connectivity index (χ2n) is 6.09. The van der Waals surface area contributed by atoms with E-state index >= 15 is 0 Å². The van der Waals surface area contributed by atoms with Gasteiger partial charge in [-0.15, -0.1) is 5.10 Å². The highest BCUT2D eigenvalue weighted by molar-refractivity contribution is 5.66. The third-order valence-corrected chi connectivity index (χ3v) is 3.77. The first-order chi connectivity index (χ1) is 11.2. The first kappa shape index (κ1) is 15.8. The van der Waals surface area contributed by atoms with Gasteiger partial charge in [0.25, 0.3) is 0 Å². The van der Waals surface area contributed by atoms with Crippen molar-refractivity contribution in [2.75, 3.05) is 13.2 Å². The molecule has 1 aromatic heterocycles. The summed E-state index contributed by atoms with van der Waals surface area (Å²) in [6, 6.07) is 10.1. The Hall–Kier alpha value is -2.05. The number of nitrogens with zero attached hydrogens (tertiary/aromatic N) is 4. The summed E-state index contributed by atoms with van der Waals surface area (Å²) in [6.45, 7) is 5.95. The summed E-state index contributed by atoms with van der Waals surface area (Å²) in [5.41, 5.74) is 0.762. The van der Waals surface area contributed by atoms with Gasteiger partial charge < -0.3 is 9.47 Å². The zero-order valence-electron chi connectivity index (χ0n) is 13.6. The van der Waals surface area contributed by atoms with Crippen molar-refractivity contribution in [3.8, 4) is 0 Å². The zero-order valence-corrected chi connectivity index (χ0v) is 13.6. The molecule has 0 bridgehead atoms. The molecular formula is C17H22N4O2. The first-order valence-corrected chi connectivity index (χ1v) is 7.92. The van der Waals surface area contributed by atoms with Gasteiger partial charge in [0.15, 0.2) is 5.82 Å². The van der Waals surface area contributed by atoms with Gasteiger partial charge in [-0.2, -0.15) is 0 Å². The summed E-state index contributed by atoms with van der Waals surface area (Å²) in [4.78, 5) is 0. The van der Waals surface area contributed by atoms with Crippen LogP contribution in [0.25, 0.3) is 12.2 Å². The second kappa shape index (κ2) is 7.02. The quantitative estimate of drug-likeness (QED) is 0.819. The molecule has 0 aliphatic carbocycles. The zero-order chi connectivity index (χ0) is 16.1. The Morgan fingerprint density at radius 1 is 1.30 bits per heavy atom. The molecule has 3 rings (SSSR count). The lowest BCUT2D eigenvalue weighted by Gasteiger charge is -2.29. The Balaban J connectivity index is 1.76. The van der Waals surface area contributed by atoms with Crippen LogP contribution in [0.5, 0.6) is 0 Å². The van der Waals surface area contributed by atoms with Gasteiger partial charge >= 0.3 is 0 Å². The number of tetrazole rings is 1. The lowest BCUT2D eigenvalue weighted by atomic mass is 10.0. The van der Waals surface area contributed by atoms with E-state index in [1.807, 2.05) is 56.3 Å². The number of ether oxygens (including phenoxy) is 2. The second-order valence-corrected chi connectivity index (χ2v) is 6.09. The minimum atomic E-state index is -0.348. The molecule has 122 valence electrons. The topological polar surface area (TPSA) is 62.1 Å². The van der Waals surface area contributed by atoms with Crippen molar-refractivity contribution in [3.05, 3.63) is 41.7 Å². The SMILES string of the molecule is CC(C)OC1(Cn2nnnc2C=Cc2ccccc2)CCOC1. The Morgan fingerprint density at radius 3 is 2.83 bits per heavy atom. The van der Waals surface area contributed by atoms with E-state index < -0.39 is 0 Å². The van der Waals surface area contributed by atoms with Crippen LogP contribution in [-0.4, -0.2) is 45.1 Å². The van der Waals surface area contributed by atoms with Crippen molar-refractivity contribution >= 4 is 12.2 Å². The van der Waals surface area contributed by atoms with Crippen LogP contribution >= 0.6 is 0 Å². The van der Waals surface area contributed by atoms with Crippen molar-refractivity contribution in [1.82, 2.24) is 20.2 Å². The molecule has 1 aromatic carbocycles. The third-order valence-electron chi connectivity index (χ3n) is 3.77. The molecule has 23 heavy (non-hydrogen) atoms. The van der Waals surface area contributed by atoms with Gasteiger partial charge in [-0.1, -0.05) is 36.4 Å². The summed E-state index contributed by atoms with van der Waals surface area (Å²) in [7, 11) is 0. The molecule has 0 spiro atoms. The van der Waals surface area contributed by atoms with Crippen LogP contribution in [0.2, 0.25) is 0 Å². The average molecular weight is 314 g/mol. The van der Waals surface area contributed by atoms with Crippen LogP contribution in [0, 0.1) is 0 Å². The fourth-order valence-corrected chi connectivity index (χ4v) is 2.79. The van der Waals surface area contributed by atoms with E-state index in [0.717, 1.165) is 12.0 Å². The van der Waals surface area contributed by atoms with Crippen LogP contribution in [0.3, 0.4) is 0 Å². The summed E-state index contributed by atoms with van der Waals surface area (Å²) in [5.74, 6) is 0.715. The maximum absolute atomic E-state index is 6.12. The maximum Gasteiger partial charge on any atom is 0.174 e. The molecule has 0 amide bonds. The molecule has 6 heteroatoms. The van der Waals surface area contributed by atoms with Crippen molar-refractivity contribution in [1.29, 1.82) is 0 Å². The molecule has 0 radical (unpaired) electrons. The van der Waals surface area contributed by atoms with Gasteiger partial charge in [0.05, 0.1) is 19.3 Å². The van der Waals surface area contributed by atoms with Gasteiger partial charge in [-0.05, 0) is 35.9 Å². The fraction of sp³-hybridized carbons (Fsp3) is 0.471. The minimum Gasteiger partial charge on any atom is -0.378 e. The van der Waals surface area contributed by atoms with E-state index in [1.54, 1.807) is 4.68 Å². The van der Waals surface area contributed by atoms with Crippen molar-refractivity contribution < 1.29 is 9.47 Å². The van der Waals surface area contributed by atoms with Crippen LogP contribution < -0.4 is 0 Å². The third kappa shape index (κ3) is 4.03. The fourth-order valence-electron chi connectivity index (χ4n) is 2.79. The Bertz CT molecular complexity index is 646. The molecule has 1 saturated heterocycles. The predicted molar refractivity (Wildman–Crippen MR) is 87.6 cm³/mol. The summed E-state index contributed by atoms with van der Waals surface area (Å²) < 4.78 is 13.5. The minimum absolute atomic E-state index is 0.136. The molecule has 1 atom stereocenters. The molecule has 1 aliphatic heterocycles. The molecule has 1 fully saturated rings.